The Bertz CT molecular complexity index is 486. The summed E-state index contributed by atoms with van der Waals surface area (Å²) in [4.78, 5) is 10.7. The molecule has 4 aliphatic rings. The molecule has 2 heterocycles. The molecule has 0 aromatic rings. The van der Waals surface area contributed by atoms with Crippen LogP contribution in [-0.2, 0) is 0 Å². The van der Waals surface area contributed by atoms with Crippen LogP contribution in [0.15, 0.2) is 4.99 Å². The van der Waals surface area contributed by atoms with Crippen LogP contribution in [0.1, 0.15) is 85.0 Å². The summed E-state index contributed by atoms with van der Waals surface area (Å²) >= 11 is 0. The zero-order valence-electron chi connectivity index (χ0n) is 17.5. The van der Waals surface area contributed by atoms with Crippen molar-refractivity contribution in [1.82, 2.24) is 9.80 Å². The fraction of sp³-hybridized carbons (Fsp3) is 0.957. The Balaban J connectivity index is 1.44. The lowest BCUT2D eigenvalue weighted by atomic mass is 9.82. The number of nitrogens with zero attached hydrogens (tertiary/aromatic N) is 3. The maximum absolute atomic E-state index is 5.14. The maximum Gasteiger partial charge on any atom is 0.197 e. The first-order valence-corrected chi connectivity index (χ1v) is 11.7. The Morgan fingerprint density at radius 1 is 1.00 bits per heavy atom. The summed E-state index contributed by atoms with van der Waals surface area (Å²) in [5, 5.41) is 0. The molecule has 3 fully saturated rings. The number of rotatable bonds is 5. The number of aliphatic imine (C=N–C) groups is 1. The highest BCUT2D eigenvalue weighted by Gasteiger charge is 2.45. The lowest BCUT2D eigenvalue weighted by Gasteiger charge is -2.34. The van der Waals surface area contributed by atoms with Crippen molar-refractivity contribution in [1.29, 1.82) is 0 Å². The predicted molar refractivity (Wildman–Crippen MR) is 110 cm³/mol. The average molecular weight is 360 g/mol. The molecule has 148 valence electrons. The van der Waals surface area contributed by atoms with Crippen molar-refractivity contribution in [2.24, 2.45) is 28.7 Å². The van der Waals surface area contributed by atoms with Crippen LogP contribution in [0.3, 0.4) is 0 Å². The highest BCUT2D eigenvalue weighted by Crippen LogP contribution is 2.37. The average Bonchev–Trinajstić information content (AvgIpc) is 3.17. The molecule has 0 aromatic carbocycles. The van der Waals surface area contributed by atoms with Crippen LogP contribution in [0.5, 0.6) is 0 Å². The van der Waals surface area contributed by atoms with Gasteiger partial charge < -0.3 is 9.80 Å². The summed E-state index contributed by atoms with van der Waals surface area (Å²) in [6, 6.07) is 1.43. The normalized spacial score (nSPS) is 35.9. The molecule has 0 aromatic heterocycles. The van der Waals surface area contributed by atoms with Gasteiger partial charge in [-0.25, -0.2) is 0 Å². The number of fused-ring (bicyclic) bond motifs is 1. The molecule has 4 rings (SSSR count). The lowest BCUT2D eigenvalue weighted by molar-refractivity contribution is 0.193. The van der Waals surface area contributed by atoms with E-state index in [1.807, 2.05) is 0 Å². The second kappa shape index (κ2) is 8.10. The van der Waals surface area contributed by atoms with E-state index < -0.39 is 0 Å². The summed E-state index contributed by atoms with van der Waals surface area (Å²) in [6.45, 7) is 10.8. The first kappa shape index (κ1) is 18.6. The highest BCUT2D eigenvalue weighted by molar-refractivity contribution is 5.84. The van der Waals surface area contributed by atoms with Crippen molar-refractivity contribution in [2.45, 2.75) is 97.1 Å². The maximum atomic E-state index is 5.14. The topological polar surface area (TPSA) is 18.8 Å². The summed E-state index contributed by atoms with van der Waals surface area (Å²) in [6.07, 6.45) is 14.3. The van der Waals surface area contributed by atoms with Crippen LogP contribution >= 0.6 is 0 Å². The summed E-state index contributed by atoms with van der Waals surface area (Å²) < 4.78 is 0. The third kappa shape index (κ3) is 3.92. The summed E-state index contributed by atoms with van der Waals surface area (Å²) in [5.74, 6) is 4.93. The Kier molecular flexibility index (Phi) is 5.81. The minimum absolute atomic E-state index is 0.708. The molecule has 0 unspecified atom stereocenters. The first-order chi connectivity index (χ1) is 12.6. The minimum Gasteiger partial charge on any atom is -0.338 e. The third-order valence-electron chi connectivity index (χ3n) is 7.71. The van der Waals surface area contributed by atoms with Crippen LogP contribution in [0.4, 0.5) is 0 Å². The van der Waals surface area contributed by atoms with Crippen LogP contribution in [-0.4, -0.2) is 47.5 Å². The van der Waals surface area contributed by atoms with E-state index in [9.17, 15) is 0 Å². The quantitative estimate of drug-likeness (QED) is 0.675. The second-order valence-electron chi connectivity index (χ2n) is 10.3. The van der Waals surface area contributed by atoms with Gasteiger partial charge in [0.2, 0.25) is 0 Å². The third-order valence-corrected chi connectivity index (χ3v) is 7.71. The molecular weight excluding hydrogens is 318 g/mol. The van der Waals surface area contributed by atoms with Crippen LogP contribution in [0.2, 0.25) is 0 Å². The molecule has 0 N–H and O–H groups in total. The number of hydrogen-bond donors (Lipinski definition) is 0. The van der Waals surface area contributed by atoms with Crippen molar-refractivity contribution in [3.63, 3.8) is 0 Å². The molecule has 3 heteroatoms. The molecule has 1 saturated heterocycles. The second-order valence-corrected chi connectivity index (χ2v) is 10.3. The standard InChI is InChI=1S/C23H41N3/c1-17(2)13-21-16-26-22(20-7-5-4-6-8-20)14-24-23(26)25(21)15-19-11-9-18(3)10-12-19/h17-22H,4-16H2,1-3H3/t18?,19?,21-,22+/m1/s1. The van der Waals surface area contributed by atoms with Crippen LogP contribution in [0, 0.1) is 23.7 Å². The molecule has 2 saturated carbocycles. The molecule has 26 heavy (non-hydrogen) atoms. The van der Waals surface area contributed by atoms with Gasteiger partial charge in [-0.2, -0.15) is 0 Å². The zero-order valence-corrected chi connectivity index (χ0v) is 17.5. The Morgan fingerprint density at radius 3 is 2.42 bits per heavy atom. The largest absolute Gasteiger partial charge is 0.338 e. The van der Waals surface area contributed by atoms with Crippen LogP contribution < -0.4 is 0 Å². The fourth-order valence-electron chi connectivity index (χ4n) is 6.16. The van der Waals surface area contributed by atoms with Gasteiger partial charge in [-0.3, -0.25) is 4.99 Å². The SMILES string of the molecule is CC(C)C[C@@H]1CN2C(=NC[C@H]2C2CCCCC2)N1CC1CCC(C)CC1. The molecule has 0 radical (unpaired) electrons. The van der Waals surface area contributed by atoms with Gasteiger partial charge in [-0.1, -0.05) is 52.9 Å². The molecule has 2 aliphatic carbocycles. The van der Waals surface area contributed by atoms with Crippen molar-refractivity contribution >= 4 is 5.96 Å². The summed E-state index contributed by atoms with van der Waals surface area (Å²) in [7, 11) is 0. The Hall–Kier alpha value is -0.730. The Labute approximate surface area is 161 Å². The fourth-order valence-corrected chi connectivity index (χ4v) is 6.16. The van der Waals surface area contributed by atoms with Gasteiger partial charge in [0.25, 0.3) is 0 Å². The lowest BCUT2D eigenvalue weighted by Crippen LogP contribution is -2.42. The van der Waals surface area contributed by atoms with Gasteiger partial charge in [0.15, 0.2) is 5.96 Å². The van der Waals surface area contributed by atoms with Gasteiger partial charge in [0.1, 0.15) is 0 Å². The van der Waals surface area contributed by atoms with Gasteiger partial charge in [-0.15, -0.1) is 0 Å². The van der Waals surface area contributed by atoms with Gasteiger partial charge in [-0.05, 0) is 55.8 Å². The molecular formula is C23H41N3. The van der Waals surface area contributed by atoms with E-state index in [1.54, 1.807) is 0 Å². The van der Waals surface area contributed by atoms with Gasteiger partial charge in [0.05, 0.1) is 12.6 Å². The predicted octanol–water partition coefficient (Wildman–Crippen LogP) is 5.16. The van der Waals surface area contributed by atoms with E-state index in [2.05, 4.69) is 30.6 Å². The number of hydrogen-bond acceptors (Lipinski definition) is 3. The van der Waals surface area contributed by atoms with Crippen molar-refractivity contribution in [3.8, 4) is 0 Å². The van der Waals surface area contributed by atoms with Crippen molar-refractivity contribution < 1.29 is 0 Å². The van der Waals surface area contributed by atoms with E-state index in [-0.39, 0.29) is 0 Å². The molecule has 0 spiro atoms. The van der Waals surface area contributed by atoms with E-state index in [0.717, 1.165) is 36.3 Å². The van der Waals surface area contributed by atoms with Crippen molar-refractivity contribution in [2.75, 3.05) is 19.6 Å². The number of guanidine groups is 1. The summed E-state index contributed by atoms with van der Waals surface area (Å²) in [5.41, 5.74) is 0. The monoisotopic (exact) mass is 359 g/mol. The zero-order chi connectivity index (χ0) is 18.1. The van der Waals surface area contributed by atoms with E-state index in [0.29, 0.717) is 6.04 Å². The first-order valence-electron chi connectivity index (χ1n) is 11.7. The van der Waals surface area contributed by atoms with Gasteiger partial charge >= 0.3 is 0 Å². The molecule has 3 nitrogen and oxygen atoms in total. The van der Waals surface area contributed by atoms with E-state index in [4.69, 9.17) is 4.99 Å². The van der Waals surface area contributed by atoms with Crippen molar-refractivity contribution in [3.05, 3.63) is 0 Å². The van der Waals surface area contributed by atoms with Crippen LogP contribution in [0.25, 0.3) is 0 Å². The van der Waals surface area contributed by atoms with E-state index in [1.165, 1.54) is 83.3 Å². The molecule has 0 amide bonds. The minimum atomic E-state index is 0.708. The van der Waals surface area contributed by atoms with E-state index >= 15 is 0 Å². The smallest absolute Gasteiger partial charge is 0.197 e. The highest BCUT2D eigenvalue weighted by atomic mass is 15.5. The Morgan fingerprint density at radius 2 is 1.73 bits per heavy atom. The molecule has 2 atom stereocenters. The molecule has 2 aliphatic heterocycles. The van der Waals surface area contributed by atoms with Gasteiger partial charge in [0, 0.05) is 19.1 Å². The molecule has 0 bridgehead atoms.